The van der Waals surface area contributed by atoms with Gasteiger partial charge in [-0.25, -0.2) is 4.98 Å². The second-order valence-electron chi connectivity index (χ2n) is 6.99. The van der Waals surface area contributed by atoms with Crippen molar-refractivity contribution in [1.29, 1.82) is 0 Å². The van der Waals surface area contributed by atoms with Gasteiger partial charge in [0.2, 0.25) is 0 Å². The molecular weight excluding hydrogens is 393 g/mol. The van der Waals surface area contributed by atoms with Crippen LogP contribution < -0.4 is 0 Å². The summed E-state index contributed by atoms with van der Waals surface area (Å²) in [6.45, 7) is 8.36. The Bertz CT molecular complexity index is 801. The third-order valence-corrected chi connectivity index (χ3v) is 6.79. The lowest BCUT2D eigenvalue weighted by molar-refractivity contribution is -0.156. The van der Waals surface area contributed by atoms with Gasteiger partial charge in [0.15, 0.2) is 0 Å². The van der Waals surface area contributed by atoms with Crippen LogP contribution in [-0.4, -0.2) is 35.3 Å². The van der Waals surface area contributed by atoms with Gasteiger partial charge in [-0.1, -0.05) is 54.4 Å². The van der Waals surface area contributed by atoms with Crippen molar-refractivity contribution in [3.63, 3.8) is 0 Å². The van der Waals surface area contributed by atoms with Gasteiger partial charge in [-0.2, -0.15) is 0 Å². The van der Waals surface area contributed by atoms with Gasteiger partial charge in [-0.05, 0) is 38.3 Å². The van der Waals surface area contributed by atoms with Crippen LogP contribution in [0.15, 0.2) is 41.4 Å². The number of nitrogens with zero attached hydrogens (tertiary/aromatic N) is 1. The van der Waals surface area contributed by atoms with E-state index >= 15 is 0 Å². The predicted octanol–water partition coefficient (Wildman–Crippen LogP) is 5.31. The Kier molecular flexibility index (Phi) is 8.87. The number of ether oxygens (including phenoxy) is 2. The van der Waals surface area contributed by atoms with E-state index in [9.17, 15) is 9.36 Å². The molecule has 3 atom stereocenters. The number of pyridine rings is 1. The van der Waals surface area contributed by atoms with Gasteiger partial charge in [0.05, 0.1) is 22.9 Å². The van der Waals surface area contributed by atoms with Crippen LogP contribution in [0.4, 0.5) is 0 Å². The molecule has 1 aromatic carbocycles. The quantitative estimate of drug-likeness (QED) is 0.278. The molecule has 7 heteroatoms. The molecule has 0 fully saturated rings. The summed E-state index contributed by atoms with van der Waals surface area (Å²) < 4.78 is 23.6. The minimum absolute atomic E-state index is 0.245. The zero-order valence-electron chi connectivity index (χ0n) is 16.9. The van der Waals surface area contributed by atoms with Crippen LogP contribution in [-0.2, 0) is 18.8 Å². The van der Waals surface area contributed by atoms with Crippen LogP contribution in [0.3, 0.4) is 0 Å². The smallest absolute Gasteiger partial charge is 0.361 e. The fraction of sp³-hybridized carbons (Fsp3) is 0.524. The highest BCUT2D eigenvalue weighted by Gasteiger charge is 2.53. The first kappa shape index (κ1) is 22.8. The van der Waals surface area contributed by atoms with Gasteiger partial charge in [0, 0.05) is 12.0 Å². The number of carbonyl (C=O) groups is 1. The minimum Gasteiger partial charge on any atom is -0.466 e. The average Bonchev–Trinajstić information content (AvgIpc) is 2.69. The normalized spacial score (nSPS) is 14.9. The number of carbonyl (C=O) groups excluding carboxylic acids is 1. The molecule has 0 saturated carbocycles. The van der Waals surface area contributed by atoms with Crippen molar-refractivity contribution in [3.8, 4) is 0 Å². The van der Waals surface area contributed by atoms with Crippen molar-refractivity contribution in [2.75, 3.05) is 19.0 Å². The van der Waals surface area contributed by atoms with E-state index < -0.39 is 19.7 Å². The zero-order valence-corrected chi connectivity index (χ0v) is 18.8. The van der Waals surface area contributed by atoms with E-state index in [4.69, 9.17) is 9.47 Å². The minimum atomic E-state index is -1.09. The number of fused-ring (bicyclic) bond motifs is 1. The lowest BCUT2D eigenvalue weighted by Gasteiger charge is -2.29. The number of hydrogen-bond acceptors (Lipinski definition) is 6. The highest BCUT2D eigenvalue weighted by Crippen LogP contribution is 2.42. The van der Waals surface area contributed by atoms with Crippen molar-refractivity contribution in [2.24, 2.45) is 11.8 Å². The second kappa shape index (κ2) is 10.9. The van der Waals surface area contributed by atoms with Gasteiger partial charge in [0.25, 0.3) is 5.34 Å². The van der Waals surface area contributed by atoms with E-state index in [1.165, 1.54) is 11.8 Å². The molecule has 0 spiro atoms. The maximum Gasteiger partial charge on any atom is 0.361 e. The van der Waals surface area contributed by atoms with Crippen LogP contribution in [0.2, 0.25) is 0 Å². The van der Waals surface area contributed by atoms with Crippen molar-refractivity contribution in [1.82, 2.24) is 4.98 Å². The van der Waals surface area contributed by atoms with Gasteiger partial charge in [-0.3, -0.25) is 4.79 Å². The van der Waals surface area contributed by atoms with Crippen molar-refractivity contribution in [3.05, 3.63) is 36.4 Å². The fourth-order valence-corrected chi connectivity index (χ4v) is 5.14. The van der Waals surface area contributed by atoms with Crippen LogP contribution in [0.5, 0.6) is 0 Å². The molecule has 0 aliphatic rings. The highest BCUT2D eigenvalue weighted by molar-refractivity contribution is 7.99. The second-order valence-corrected chi connectivity index (χ2v) is 9.04. The molecule has 1 aromatic heterocycles. The fourth-order valence-electron chi connectivity index (χ4n) is 3.13. The van der Waals surface area contributed by atoms with Crippen LogP contribution in [0, 0.1) is 11.8 Å². The Morgan fingerprint density at radius 3 is 2.57 bits per heavy atom. The number of thioether (sulfide) groups is 1. The van der Waals surface area contributed by atoms with E-state index in [1.54, 1.807) is 6.92 Å². The summed E-state index contributed by atoms with van der Waals surface area (Å²) in [5.74, 6) is -0.324. The zero-order chi connectivity index (χ0) is 20.6. The first-order valence-electron chi connectivity index (χ1n) is 9.64. The molecule has 0 saturated heterocycles. The first-order chi connectivity index (χ1) is 13.5. The summed E-state index contributed by atoms with van der Waals surface area (Å²) in [5.41, 5.74) is 0.906. The molecular formula is C21H29NO4PS+. The number of para-hydroxylation sites is 1. The number of hydrogen-bond donors (Lipinski definition) is 0. The van der Waals surface area contributed by atoms with Gasteiger partial charge in [-0.15, -0.1) is 0 Å². The van der Waals surface area contributed by atoms with Crippen LogP contribution >= 0.6 is 20.2 Å². The van der Waals surface area contributed by atoms with E-state index in [0.29, 0.717) is 18.8 Å². The third-order valence-electron chi connectivity index (χ3n) is 4.42. The topological polar surface area (TPSA) is 65.5 Å². The van der Waals surface area contributed by atoms with Crippen molar-refractivity contribution in [2.45, 2.75) is 44.5 Å². The summed E-state index contributed by atoms with van der Waals surface area (Å²) in [5, 5.41) is 0.787. The number of aromatic nitrogens is 1. The summed E-state index contributed by atoms with van der Waals surface area (Å²) >= 11 is 1.46. The molecule has 1 heterocycles. The molecule has 0 aliphatic heterocycles. The van der Waals surface area contributed by atoms with Crippen molar-refractivity contribution < 1.29 is 18.8 Å². The Morgan fingerprint density at radius 1 is 1.18 bits per heavy atom. The van der Waals surface area contributed by atoms with E-state index in [0.717, 1.165) is 15.9 Å². The molecule has 0 radical (unpaired) electrons. The van der Waals surface area contributed by atoms with Gasteiger partial charge < -0.3 is 9.47 Å². The maximum atomic E-state index is 12.7. The van der Waals surface area contributed by atoms with E-state index in [-0.39, 0.29) is 18.5 Å². The lowest BCUT2D eigenvalue weighted by Crippen LogP contribution is -2.44. The summed E-state index contributed by atoms with van der Waals surface area (Å²) in [6, 6.07) is 11.9. The maximum absolute atomic E-state index is 12.7. The number of benzene rings is 1. The largest absolute Gasteiger partial charge is 0.466 e. The first-order valence-corrected chi connectivity index (χ1v) is 11.5. The Balaban J connectivity index is 2.30. The molecule has 3 unspecified atom stereocenters. The Labute approximate surface area is 172 Å². The summed E-state index contributed by atoms with van der Waals surface area (Å²) in [4.78, 5) is 17.4. The monoisotopic (exact) mass is 422 g/mol. The number of rotatable bonds is 11. The van der Waals surface area contributed by atoms with Gasteiger partial charge in [0.1, 0.15) is 5.92 Å². The Morgan fingerprint density at radius 2 is 1.93 bits per heavy atom. The van der Waals surface area contributed by atoms with Crippen molar-refractivity contribution >= 4 is 37.1 Å². The molecule has 2 rings (SSSR count). The SMILES string of the molecule is CCOC(=O)C(CC(C)C)C(CSc1ccc2ccccc2n1)(OCC)[PH+]=O. The molecule has 0 N–H and O–H groups in total. The predicted molar refractivity (Wildman–Crippen MR) is 115 cm³/mol. The molecule has 5 nitrogen and oxygen atoms in total. The molecule has 0 aliphatic carbocycles. The molecule has 28 heavy (non-hydrogen) atoms. The van der Waals surface area contributed by atoms with Gasteiger partial charge >= 0.3 is 14.4 Å². The summed E-state index contributed by atoms with van der Waals surface area (Å²) in [6.07, 6.45) is 0.555. The van der Waals surface area contributed by atoms with E-state index in [2.05, 4.69) is 4.98 Å². The third kappa shape index (κ3) is 5.76. The highest BCUT2D eigenvalue weighted by atomic mass is 32.2. The Hall–Kier alpha value is -1.49. The molecule has 0 bridgehead atoms. The van der Waals surface area contributed by atoms with E-state index in [1.807, 2.05) is 57.2 Å². The molecule has 0 amide bonds. The number of esters is 1. The van der Waals surface area contributed by atoms with Crippen LogP contribution in [0.25, 0.3) is 10.9 Å². The summed E-state index contributed by atoms with van der Waals surface area (Å²) in [7, 11) is -0.786. The van der Waals surface area contributed by atoms with Crippen LogP contribution in [0.1, 0.15) is 34.1 Å². The lowest BCUT2D eigenvalue weighted by atomic mass is 9.92. The average molecular weight is 423 g/mol. The molecule has 2 aromatic rings. The molecule has 152 valence electrons. The standard InChI is InChI=1S/C21H28NO4PS/c1-5-25-20(23)17(13-15(3)4)21(27-24,26-6-2)14-28-19-12-11-16-9-7-8-10-18(16)22-19/h7-12,15,17H,5-6,13-14H2,1-4H3/p+1.